The van der Waals surface area contributed by atoms with Crippen LogP contribution in [0.2, 0.25) is 0 Å². The van der Waals surface area contributed by atoms with E-state index in [0.29, 0.717) is 12.1 Å². The minimum Gasteiger partial charge on any atom is -0.326 e. The molecule has 0 saturated heterocycles. The number of H-pyrrole nitrogens is 1. The number of nitrogens with one attached hydrogen (secondary N) is 2. The Hall–Kier alpha value is -2.10. The van der Waals surface area contributed by atoms with Gasteiger partial charge in [0.2, 0.25) is 5.91 Å². The summed E-state index contributed by atoms with van der Waals surface area (Å²) in [4.78, 5) is 27.0. The normalized spacial score (nSPS) is 11.7. The maximum atomic E-state index is 12.0. The molecule has 1 amide bonds. The standard InChI is InChI=1S/C17H22N2O2/c1-6-12-10(2)13-8-7-11(9-14(13)19-15(12)20)18-16(21)17(3,4)5/h7-9H,6H2,1-5H3,(H,18,21)(H,19,20). The van der Waals surface area contributed by atoms with Gasteiger partial charge in [-0.15, -0.1) is 0 Å². The summed E-state index contributed by atoms with van der Waals surface area (Å²) in [6, 6.07) is 5.63. The number of anilines is 1. The molecule has 0 aliphatic heterocycles. The molecule has 0 spiro atoms. The Bertz CT molecular complexity index is 752. The number of carbonyl (C=O) groups excluding carboxylic acids is 1. The fourth-order valence-electron chi connectivity index (χ4n) is 2.33. The van der Waals surface area contributed by atoms with Gasteiger partial charge in [-0.2, -0.15) is 0 Å². The number of aromatic nitrogens is 1. The maximum Gasteiger partial charge on any atom is 0.251 e. The van der Waals surface area contributed by atoms with Crippen molar-refractivity contribution in [3.05, 3.63) is 39.7 Å². The van der Waals surface area contributed by atoms with E-state index in [1.54, 1.807) is 0 Å². The topological polar surface area (TPSA) is 62.0 Å². The van der Waals surface area contributed by atoms with Crippen molar-refractivity contribution in [2.75, 3.05) is 5.32 Å². The third-order valence-corrected chi connectivity index (χ3v) is 3.69. The predicted octanol–water partition coefficient (Wildman–Crippen LogP) is 3.38. The maximum absolute atomic E-state index is 12.0. The summed E-state index contributed by atoms with van der Waals surface area (Å²) in [6.07, 6.45) is 0.708. The fraction of sp³-hybridized carbons (Fsp3) is 0.412. The van der Waals surface area contributed by atoms with Crippen molar-refractivity contribution in [3.8, 4) is 0 Å². The lowest BCUT2D eigenvalue weighted by Gasteiger charge is -2.18. The van der Waals surface area contributed by atoms with Gasteiger partial charge in [0.25, 0.3) is 5.56 Å². The smallest absolute Gasteiger partial charge is 0.251 e. The van der Waals surface area contributed by atoms with Crippen LogP contribution in [0.25, 0.3) is 10.9 Å². The van der Waals surface area contributed by atoms with Gasteiger partial charge in [0.1, 0.15) is 0 Å². The van der Waals surface area contributed by atoms with Crippen molar-refractivity contribution in [2.24, 2.45) is 5.41 Å². The van der Waals surface area contributed by atoms with Crippen molar-refractivity contribution in [2.45, 2.75) is 41.0 Å². The lowest BCUT2D eigenvalue weighted by molar-refractivity contribution is -0.123. The van der Waals surface area contributed by atoms with E-state index in [0.717, 1.165) is 22.0 Å². The van der Waals surface area contributed by atoms with Gasteiger partial charge in [-0.05, 0) is 31.0 Å². The zero-order valence-corrected chi connectivity index (χ0v) is 13.3. The molecule has 0 radical (unpaired) electrons. The van der Waals surface area contributed by atoms with Gasteiger partial charge < -0.3 is 10.3 Å². The van der Waals surface area contributed by atoms with Gasteiger partial charge in [0.05, 0.1) is 5.52 Å². The van der Waals surface area contributed by atoms with Crippen molar-refractivity contribution in [3.63, 3.8) is 0 Å². The third kappa shape index (κ3) is 2.99. The first-order valence-electron chi connectivity index (χ1n) is 7.21. The van der Waals surface area contributed by atoms with Crippen molar-refractivity contribution in [1.82, 2.24) is 4.98 Å². The predicted molar refractivity (Wildman–Crippen MR) is 86.8 cm³/mol. The molecule has 1 aromatic heterocycles. The molecule has 1 heterocycles. The van der Waals surface area contributed by atoms with Gasteiger partial charge in [0, 0.05) is 22.1 Å². The zero-order valence-electron chi connectivity index (χ0n) is 13.3. The molecule has 0 aliphatic carbocycles. The summed E-state index contributed by atoms with van der Waals surface area (Å²) < 4.78 is 0. The van der Waals surface area contributed by atoms with Crippen LogP contribution in [0.4, 0.5) is 5.69 Å². The number of fused-ring (bicyclic) bond motifs is 1. The Balaban J connectivity index is 2.48. The second kappa shape index (κ2) is 5.35. The van der Waals surface area contributed by atoms with E-state index >= 15 is 0 Å². The first-order valence-corrected chi connectivity index (χ1v) is 7.21. The number of aryl methyl sites for hydroxylation is 1. The van der Waals surface area contributed by atoms with E-state index < -0.39 is 5.41 Å². The first kappa shape index (κ1) is 15.3. The number of hydrogen-bond donors (Lipinski definition) is 2. The van der Waals surface area contributed by atoms with Crippen LogP contribution < -0.4 is 10.9 Å². The highest BCUT2D eigenvalue weighted by atomic mass is 16.2. The molecule has 0 unspecified atom stereocenters. The molecule has 0 fully saturated rings. The van der Waals surface area contributed by atoms with Crippen LogP contribution in [0.3, 0.4) is 0 Å². The monoisotopic (exact) mass is 286 g/mol. The second-order valence-corrected chi connectivity index (χ2v) is 6.38. The van der Waals surface area contributed by atoms with Crippen LogP contribution >= 0.6 is 0 Å². The van der Waals surface area contributed by atoms with Crippen molar-refractivity contribution >= 4 is 22.5 Å². The van der Waals surface area contributed by atoms with Gasteiger partial charge >= 0.3 is 0 Å². The summed E-state index contributed by atoms with van der Waals surface area (Å²) in [5.41, 5.74) is 2.76. The largest absolute Gasteiger partial charge is 0.326 e. The minimum absolute atomic E-state index is 0.0499. The van der Waals surface area contributed by atoms with Crippen LogP contribution in [0.1, 0.15) is 38.8 Å². The molecule has 0 bridgehead atoms. The van der Waals surface area contributed by atoms with E-state index in [1.807, 2.05) is 52.8 Å². The average Bonchev–Trinajstić information content (AvgIpc) is 2.37. The second-order valence-electron chi connectivity index (χ2n) is 6.38. The molecule has 2 N–H and O–H groups in total. The molecule has 2 rings (SSSR count). The first-order chi connectivity index (χ1) is 9.74. The molecule has 1 aromatic carbocycles. The highest BCUT2D eigenvalue weighted by Crippen LogP contribution is 2.23. The lowest BCUT2D eigenvalue weighted by Crippen LogP contribution is -2.27. The SMILES string of the molecule is CCc1c(C)c2ccc(NC(=O)C(C)(C)C)cc2[nH]c1=O. The van der Waals surface area contributed by atoms with Gasteiger partial charge in [-0.25, -0.2) is 0 Å². The molecule has 0 aliphatic rings. The molecule has 4 nitrogen and oxygen atoms in total. The lowest BCUT2D eigenvalue weighted by atomic mass is 9.95. The van der Waals surface area contributed by atoms with Gasteiger partial charge in [-0.3, -0.25) is 9.59 Å². The number of carbonyl (C=O) groups is 1. The van der Waals surface area contributed by atoms with E-state index in [2.05, 4.69) is 10.3 Å². The molecular formula is C17H22N2O2. The molecule has 21 heavy (non-hydrogen) atoms. The van der Waals surface area contributed by atoms with Crippen molar-refractivity contribution < 1.29 is 4.79 Å². The van der Waals surface area contributed by atoms with Crippen LogP contribution in [-0.4, -0.2) is 10.9 Å². The van der Waals surface area contributed by atoms with Crippen LogP contribution in [0, 0.1) is 12.3 Å². The minimum atomic E-state index is -0.454. The van der Waals surface area contributed by atoms with Crippen LogP contribution in [-0.2, 0) is 11.2 Å². The Morgan fingerprint density at radius 1 is 1.29 bits per heavy atom. The van der Waals surface area contributed by atoms with Crippen LogP contribution in [0.5, 0.6) is 0 Å². The Morgan fingerprint density at radius 3 is 2.52 bits per heavy atom. The summed E-state index contributed by atoms with van der Waals surface area (Å²) in [7, 11) is 0. The quantitative estimate of drug-likeness (QED) is 0.889. The number of benzene rings is 1. The van der Waals surface area contributed by atoms with E-state index in [-0.39, 0.29) is 11.5 Å². The molecule has 2 aromatic rings. The molecular weight excluding hydrogens is 264 g/mol. The molecule has 0 saturated carbocycles. The van der Waals surface area contributed by atoms with Gasteiger partial charge in [0.15, 0.2) is 0 Å². The Kier molecular flexibility index (Phi) is 3.90. The summed E-state index contributed by atoms with van der Waals surface area (Å²) in [6.45, 7) is 9.53. The highest BCUT2D eigenvalue weighted by Gasteiger charge is 2.21. The van der Waals surface area contributed by atoms with Crippen molar-refractivity contribution in [1.29, 1.82) is 0 Å². The van der Waals surface area contributed by atoms with Gasteiger partial charge in [-0.1, -0.05) is 33.8 Å². The number of aromatic amines is 1. The number of hydrogen-bond acceptors (Lipinski definition) is 2. The number of rotatable bonds is 2. The highest BCUT2D eigenvalue weighted by molar-refractivity contribution is 5.96. The Morgan fingerprint density at radius 2 is 1.95 bits per heavy atom. The zero-order chi connectivity index (χ0) is 15.8. The molecule has 0 atom stereocenters. The number of amides is 1. The van der Waals surface area contributed by atoms with E-state index in [4.69, 9.17) is 0 Å². The summed E-state index contributed by atoms with van der Waals surface area (Å²) in [5.74, 6) is -0.0499. The number of pyridine rings is 1. The molecule has 4 heteroatoms. The average molecular weight is 286 g/mol. The van der Waals surface area contributed by atoms with E-state index in [1.165, 1.54) is 0 Å². The Labute approximate surface area is 124 Å². The summed E-state index contributed by atoms with van der Waals surface area (Å²) >= 11 is 0. The summed E-state index contributed by atoms with van der Waals surface area (Å²) in [5, 5.41) is 3.89. The third-order valence-electron chi connectivity index (χ3n) is 3.69. The van der Waals surface area contributed by atoms with E-state index in [9.17, 15) is 9.59 Å². The van der Waals surface area contributed by atoms with Crippen LogP contribution in [0.15, 0.2) is 23.0 Å². The fourth-order valence-corrected chi connectivity index (χ4v) is 2.33. The molecule has 112 valence electrons.